The Morgan fingerprint density at radius 2 is 2.10 bits per heavy atom. The van der Waals surface area contributed by atoms with E-state index >= 15 is 0 Å². The maximum Gasteiger partial charge on any atom is 0.144 e. The molecule has 20 heavy (non-hydrogen) atoms. The second-order valence-electron chi connectivity index (χ2n) is 5.18. The van der Waals surface area contributed by atoms with Gasteiger partial charge in [0, 0.05) is 10.5 Å². The third-order valence-electron chi connectivity index (χ3n) is 2.33. The van der Waals surface area contributed by atoms with Crippen LogP contribution in [0.3, 0.4) is 0 Å². The smallest absolute Gasteiger partial charge is 0.144 e. The molecule has 0 saturated heterocycles. The molecule has 0 amide bonds. The molecule has 0 aliphatic heterocycles. The average molecular weight is 315 g/mol. The molecule has 0 radical (unpaired) electrons. The molecule has 0 saturated carbocycles. The second-order valence-corrected chi connectivity index (χ2v) is 8.47. The zero-order chi connectivity index (χ0) is 15.3. The standard InChI is InChI=1S/C14H21NO3S2/c1-10(16)19-13-7-6-12(18-5)8-11(13)9-15-20(17)14(2,3)4/h6-9,16,19H,1-5H3/b15-9-. The van der Waals surface area contributed by atoms with Gasteiger partial charge in [-0.2, -0.15) is 0 Å². The lowest BCUT2D eigenvalue weighted by Gasteiger charge is -2.17. The fourth-order valence-electron chi connectivity index (χ4n) is 1.30. The van der Waals surface area contributed by atoms with Crippen LogP contribution < -0.4 is 4.74 Å². The molecule has 0 spiro atoms. The number of hydrogen-bond donors (Lipinski definition) is 2. The molecule has 4 nitrogen and oxygen atoms in total. The van der Waals surface area contributed by atoms with Crippen LogP contribution in [0.2, 0.25) is 0 Å². The van der Waals surface area contributed by atoms with E-state index in [0.717, 1.165) is 10.5 Å². The number of nitrogens with zero attached hydrogens (tertiary/aromatic N) is 1. The largest absolute Gasteiger partial charge is 0.591 e. The van der Waals surface area contributed by atoms with Crippen LogP contribution in [0.25, 0.3) is 0 Å². The Hall–Kier alpha value is -0.820. The highest BCUT2D eigenvalue weighted by Crippen LogP contribution is 2.23. The van der Waals surface area contributed by atoms with E-state index in [-0.39, 0.29) is 0 Å². The van der Waals surface area contributed by atoms with Crippen molar-refractivity contribution in [3.63, 3.8) is 0 Å². The van der Waals surface area contributed by atoms with Gasteiger partial charge in [-0.25, -0.2) is 0 Å². The maximum atomic E-state index is 12.0. The van der Waals surface area contributed by atoms with Crippen LogP contribution in [-0.2, 0) is 11.4 Å². The Balaban J connectivity index is 3.14. The van der Waals surface area contributed by atoms with Crippen LogP contribution in [0.5, 0.6) is 5.75 Å². The monoisotopic (exact) mass is 315 g/mol. The Morgan fingerprint density at radius 3 is 2.60 bits per heavy atom. The Kier molecular flexibility index (Phi) is 6.26. The van der Waals surface area contributed by atoms with Gasteiger partial charge in [-0.3, -0.25) is 0 Å². The number of thiol groups is 1. The average Bonchev–Trinajstić information content (AvgIpc) is 2.35. The molecule has 0 aliphatic rings. The quantitative estimate of drug-likeness (QED) is 0.388. The molecular weight excluding hydrogens is 294 g/mol. The maximum absolute atomic E-state index is 12.0. The minimum atomic E-state index is -1.31. The summed E-state index contributed by atoms with van der Waals surface area (Å²) in [6, 6.07) is 5.50. The molecule has 1 rings (SSSR count). The number of methoxy groups -OCH3 is 1. The van der Waals surface area contributed by atoms with Gasteiger partial charge in [0.05, 0.1) is 18.4 Å². The fraction of sp³-hybridized carbons (Fsp3) is 0.429. The van der Waals surface area contributed by atoms with E-state index < -0.39 is 16.1 Å². The Bertz CT molecular complexity index is 518. The van der Waals surface area contributed by atoms with Crippen LogP contribution in [0, 0.1) is 0 Å². The first-order valence-corrected chi connectivity index (χ1v) is 8.12. The highest BCUT2D eigenvalue weighted by atomic mass is 32.2. The lowest BCUT2D eigenvalue weighted by atomic mass is 10.2. The van der Waals surface area contributed by atoms with E-state index in [1.807, 2.05) is 39.0 Å². The molecule has 0 fully saturated rings. The fourth-order valence-corrected chi connectivity index (χ4v) is 2.58. The Labute approximate surface area is 127 Å². The number of benzene rings is 1. The Morgan fingerprint density at radius 1 is 1.45 bits per heavy atom. The van der Waals surface area contributed by atoms with Gasteiger partial charge in [-0.1, -0.05) is 4.40 Å². The number of rotatable bonds is 4. The highest BCUT2D eigenvalue weighted by Gasteiger charge is 2.25. The molecule has 0 bridgehead atoms. The summed E-state index contributed by atoms with van der Waals surface area (Å²) in [7, 11) is 1.59. The summed E-state index contributed by atoms with van der Waals surface area (Å²) in [5.74, 6) is 0.697. The summed E-state index contributed by atoms with van der Waals surface area (Å²) >= 11 is -0.609. The summed E-state index contributed by atoms with van der Waals surface area (Å²) in [5.41, 5.74) is 0.789. The van der Waals surface area contributed by atoms with Gasteiger partial charge < -0.3 is 14.4 Å². The molecule has 112 valence electrons. The van der Waals surface area contributed by atoms with Crippen LogP contribution in [0.15, 0.2) is 27.5 Å². The highest BCUT2D eigenvalue weighted by molar-refractivity contribution is 7.98. The van der Waals surface area contributed by atoms with Crippen molar-refractivity contribution in [1.82, 2.24) is 0 Å². The van der Waals surface area contributed by atoms with E-state index in [4.69, 9.17) is 4.74 Å². The van der Waals surface area contributed by atoms with Crippen molar-refractivity contribution in [2.45, 2.75) is 37.3 Å². The van der Waals surface area contributed by atoms with Gasteiger partial charge in [-0.05, 0) is 45.9 Å². The van der Waals surface area contributed by atoms with Crippen molar-refractivity contribution >= 4 is 34.0 Å². The molecule has 1 aromatic carbocycles. The van der Waals surface area contributed by atoms with Crippen LogP contribution in [-0.4, -0.2) is 32.8 Å². The minimum absolute atomic E-state index is 0.293. The summed E-state index contributed by atoms with van der Waals surface area (Å²) < 4.78 is 20.8. The summed E-state index contributed by atoms with van der Waals surface area (Å²) in [5, 5.41) is 9.73. The zero-order valence-corrected chi connectivity index (χ0v) is 14.1. The molecule has 0 aromatic heterocycles. The van der Waals surface area contributed by atoms with Gasteiger partial charge >= 0.3 is 0 Å². The number of ether oxygens (including phenoxy) is 1. The van der Waals surface area contributed by atoms with Crippen molar-refractivity contribution in [3.05, 3.63) is 23.8 Å². The molecule has 6 heteroatoms. The van der Waals surface area contributed by atoms with Crippen LogP contribution in [0.4, 0.5) is 0 Å². The second kappa shape index (κ2) is 7.26. The first kappa shape index (κ1) is 17.2. The van der Waals surface area contributed by atoms with Crippen molar-refractivity contribution in [1.29, 1.82) is 0 Å². The van der Waals surface area contributed by atoms with Crippen molar-refractivity contribution in [2.24, 2.45) is 4.40 Å². The van der Waals surface area contributed by atoms with Crippen molar-refractivity contribution in [3.8, 4) is 5.75 Å². The van der Waals surface area contributed by atoms with Crippen LogP contribution >= 0.6 is 11.4 Å². The predicted molar refractivity (Wildman–Crippen MR) is 89.0 cm³/mol. The molecule has 1 unspecified atom stereocenters. The lowest BCUT2D eigenvalue weighted by molar-refractivity contribution is 0.414. The van der Waals surface area contributed by atoms with Gasteiger partial charge in [-0.15, -0.1) is 11.4 Å². The molecule has 0 heterocycles. The molecule has 0 aliphatic carbocycles. The van der Waals surface area contributed by atoms with E-state index in [0.29, 0.717) is 22.2 Å². The van der Waals surface area contributed by atoms with E-state index in [1.54, 1.807) is 20.2 Å². The van der Waals surface area contributed by atoms with Gasteiger partial charge in [0.2, 0.25) is 0 Å². The first-order valence-electron chi connectivity index (χ1n) is 6.12. The lowest BCUT2D eigenvalue weighted by Crippen LogP contribution is -2.25. The number of hydrogen-bond acceptors (Lipinski definition) is 3. The normalized spacial score (nSPS) is 15.1. The van der Waals surface area contributed by atoms with E-state index in [1.165, 1.54) is 0 Å². The van der Waals surface area contributed by atoms with Crippen molar-refractivity contribution < 1.29 is 14.4 Å². The summed E-state index contributed by atoms with van der Waals surface area (Å²) in [4.78, 5) is 0.889. The molecule has 1 N–H and O–H groups in total. The van der Waals surface area contributed by atoms with Gasteiger partial charge in [0.15, 0.2) is 0 Å². The number of aliphatic hydroxyl groups is 1. The molecule has 1 aromatic rings. The van der Waals surface area contributed by atoms with Crippen LogP contribution in [0.1, 0.15) is 33.3 Å². The topological polar surface area (TPSA) is 64.9 Å². The molecule has 1 atom stereocenters. The summed E-state index contributed by atoms with van der Waals surface area (Å²) in [6.07, 6.45) is 1.58. The first-order chi connectivity index (χ1) is 9.24. The van der Waals surface area contributed by atoms with E-state index in [2.05, 4.69) is 4.40 Å². The minimum Gasteiger partial charge on any atom is -0.591 e. The number of aliphatic hydroxyl groups excluding tert-OH is 1. The summed E-state index contributed by atoms with van der Waals surface area (Å²) in [6.45, 7) is 7.25. The SMILES string of the molecule is COc1ccc([SH]=C(C)O)c(/C=N\[S+]([O-])C(C)(C)C)c1. The third kappa shape index (κ3) is 5.28. The molecular formula is C14H21NO3S2. The van der Waals surface area contributed by atoms with Crippen molar-refractivity contribution in [2.75, 3.05) is 7.11 Å². The predicted octanol–water partition coefficient (Wildman–Crippen LogP) is 3.11. The van der Waals surface area contributed by atoms with Gasteiger partial charge in [0.25, 0.3) is 0 Å². The van der Waals surface area contributed by atoms with Gasteiger partial charge in [0.1, 0.15) is 21.9 Å². The third-order valence-corrected chi connectivity index (χ3v) is 4.64. The zero-order valence-electron chi connectivity index (χ0n) is 12.4. The van der Waals surface area contributed by atoms with E-state index in [9.17, 15) is 9.66 Å².